The van der Waals surface area contributed by atoms with Gasteiger partial charge in [-0.2, -0.15) is 5.10 Å². The zero-order chi connectivity index (χ0) is 20.3. The Morgan fingerprint density at radius 1 is 1.11 bits per heavy atom. The van der Waals surface area contributed by atoms with Crippen LogP contribution in [0.25, 0.3) is 10.8 Å². The van der Waals surface area contributed by atoms with Crippen LogP contribution in [0.15, 0.2) is 35.1 Å². The van der Waals surface area contributed by atoms with Crippen molar-refractivity contribution < 1.29 is 9.59 Å². The van der Waals surface area contributed by atoms with Crippen LogP contribution < -0.4 is 16.4 Å². The van der Waals surface area contributed by atoms with Crippen LogP contribution in [-0.2, 0) is 13.0 Å². The molecular weight excluding hydrogens is 376 g/mol. The number of aromatic nitrogens is 2. The summed E-state index contributed by atoms with van der Waals surface area (Å²) >= 11 is 1.38. The van der Waals surface area contributed by atoms with Crippen LogP contribution in [0.4, 0.5) is 0 Å². The number of hydrazine groups is 1. The van der Waals surface area contributed by atoms with E-state index in [0.717, 1.165) is 16.9 Å². The van der Waals surface area contributed by atoms with Gasteiger partial charge in [0.1, 0.15) is 0 Å². The highest BCUT2D eigenvalue weighted by atomic mass is 32.1. The lowest BCUT2D eigenvalue weighted by atomic mass is 10.1. The maximum atomic E-state index is 12.7. The van der Waals surface area contributed by atoms with E-state index in [1.807, 2.05) is 26.8 Å². The van der Waals surface area contributed by atoms with Crippen LogP contribution in [0.2, 0.25) is 0 Å². The second-order valence-corrected chi connectivity index (χ2v) is 7.63. The minimum atomic E-state index is -0.571. The van der Waals surface area contributed by atoms with Crippen molar-refractivity contribution in [1.82, 2.24) is 20.6 Å². The summed E-state index contributed by atoms with van der Waals surface area (Å²) in [5, 5.41) is 5.09. The molecule has 28 heavy (non-hydrogen) atoms. The van der Waals surface area contributed by atoms with E-state index in [-0.39, 0.29) is 17.2 Å². The van der Waals surface area contributed by atoms with Gasteiger partial charge < -0.3 is 0 Å². The Hall–Kier alpha value is -3.00. The van der Waals surface area contributed by atoms with E-state index in [9.17, 15) is 14.4 Å². The first-order valence-electron chi connectivity index (χ1n) is 9.16. The molecule has 0 aliphatic heterocycles. The van der Waals surface area contributed by atoms with Gasteiger partial charge in [0.2, 0.25) is 0 Å². The second kappa shape index (κ2) is 8.35. The van der Waals surface area contributed by atoms with Gasteiger partial charge in [-0.25, -0.2) is 4.68 Å². The van der Waals surface area contributed by atoms with E-state index in [1.165, 1.54) is 16.0 Å². The fourth-order valence-corrected chi connectivity index (χ4v) is 3.99. The Morgan fingerprint density at radius 2 is 1.79 bits per heavy atom. The average Bonchev–Trinajstić information content (AvgIpc) is 3.09. The lowest BCUT2D eigenvalue weighted by Crippen LogP contribution is -2.42. The number of amides is 2. The largest absolute Gasteiger partial charge is 0.290 e. The number of benzene rings is 1. The molecule has 0 saturated carbocycles. The van der Waals surface area contributed by atoms with Gasteiger partial charge in [-0.3, -0.25) is 25.2 Å². The number of rotatable bonds is 5. The molecule has 0 radical (unpaired) electrons. The topological polar surface area (TPSA) is 93.1 Å². The average molecular weight is 398 g/mol. The highest BCUT2D eigenvalue weighted by Gasteiger charge is 2.18. The Bertz CT molecular complexity index is 1100. The minimum Gasteiger partial charge on any atom is -0.267 e. The fraction of sp³-hybridized carbons (Fsp3) is 0.300. The van der Waals surface area contributed by atoms with E-state index in [1.54, 1.807) is 24.3 Å². The number of nitrogens with zero attached hydrogens (tertiary/aromatic N) is 2. The molecule has 2 aromatic heterocycles. The molecule has 2 N–H and O–H groups in total. The molecule has 0 spiro atoms. The maximum absolute atomic E-state index is 12.7. The molecule has 1 aromatic carbocycles. The molecule has 146 valence electrons. The zero-order valence-electron chi connectivity index (χ0n) is 16.0. The van der Waals surface area contributed by atoms with Gasteiger partial charge in [0.05, 0.1) is 10.3 Å². The summed E-state index contributed by atoms with van der Waals surface area (Å²) in [7, 11) is 0. The van der Waals surface area contributed by atoms with Crippen LogP contribution in [-0.4, -0.2) is 21.6 Å². The standard InChI is InChI=1S/C20H22N4O3S/c1-4-10-24-20(27)15-9-7-6-8-14(15)17(23-24)19(26)22-21-18(25)16-11-13(5-2)12(3)28-16/h6-9,11H,4-5,10H2,1-3H3,(H,21,25)(H,22,26). The predicted octanol–water partition coefficient (Wildman–Crippen LogP) is 2.81. The Labute approximate surface area is 166 Å². The zero-order valence-corrected chi connectivity index (χ0v) is 16.9. The third kappa shape index (κ3) is 3.82. The smallest absolute Gasteiger partial charge is 0.267 e. The van der Waals surface area contributed by atoms with E-state index in [4.69, 9.17) is 0 Å². The summed E-state index contributed by atoms with van der Waals surface area (Å²) in [6.07, 6.45) is 1.55. The minimum absolute atomic E-state index is 0.0977. The second-order valence-electron chi connectivity index (χ2n) is 6.38. The summed E-state index contributed by atoms with van der Waals surface area (Å²) in [6.45, 7) is 6.33. The molecule has 8 heteroatoms. The first kappa shape index (κ1) is 19.8. The third-order valence-electron chi connectivity index (χ3n) is 4.43. The Morgan fingerprint density at radius 3 is 2.43 bits per heavy atom. The number of hydrogen-bond acceptors (Lipinski definition) is 5. The molecule has 0 atom stereocenters. The number of fused-ring (bicyclic) bond motifs is 1. The maximum Gasteiger partial charge on any atom is 0.290 e. The van der Waals surface area contributed by atoms with E-state index < -0.39 is 5.91 Å². The molecule has 2 heterocycles. The molecule has 3 rings (SSSR count). The Kier molecular flexibility index (Phi) is 5.89. The summed E-state index contributed by atoms with van der Waals surface area (Å²) in [5.41, 5.74) is 5.83. The van der Waals surface area contributed by atoms with Gasteiger partial charge in [-0.05, 0) is 37.5 Å². The number of nitrogens with one attached hydrogen (secondary N) is 2. The van der Waals surface area contributed by atoms with Gasteiger partial charge in [0, 0.05) is 16.8 Å². The number of carbonyl (C=O) groups is 2. The van der Waals surface area contributed by atoms with Gasteiger partial charge in [-0.15, -0.1) is 11.3 Å². The number of thiophene rings is 1. The van der Waals surface area contributed by atoms with Crippen molar-refractivity contribution >= 4 is 33.9 Å². The lowest BCUT2D eigenvalue weighted by Gasteiger charge is -2.11. The quantitative estimate of drug-likeness (QED) is 0.647. The third-order valence-corrected chi connectivity index (χ3v) is 5.52. The van der Waals surface area contributed by atoms with E-state index in [0.29, 0.717) is 28.6 Å². The summed E-state index contributed by atoms with van der Waals surface area (Å²) in [5.74, 6) is -0.953. The molecule has 0 aliphatic rings. The van der Waals surface area contributed by atoms with Crippen LogP contribution in [0, 0.1) is 6.92 Å². The highest BCUT2D eigenvalue weighted by molar-refractivity contribution is 7.14. The SMILES string of the molecule is CCCn1nc(C(=O)NNC(=O)c2cc(CC)c(C)s2)c2ccccc2c1=O. The van der Waals surface area contributed by atoms with Crippen molar-refractivity contribution in [2.24, 2.45) is 0 Å². The normalized spacial score (nSPS) is 10.8. The van der Waals surface area contributed by atoms with Crippen LogP contribution in [0.1, 0.15) is 50.9 Å². The van der Waals surface area contributed by atoms with Gasteiger partial charge in [0.25, 0.3) is 17.4 Å². The molecule has 0 aliphatic carbocycles. The van der Waals surface area contributed by atoms with E-state index >= 15 is 0 Å². The van der Waals surface area contributed by atoms with Crippen molar-refractivity contribution in [3.8, 4) is 0 Å². The van der Waals surface area contributed by atoms with Crippen LogP contribution in [0.5, 0.6) is 0 Å². The first-order valence-corrected chi connectivity index (χ1v) is 9.97. The van der Waals surface area contributed by atoms with Gasteiger partial charge in [-0.1, -0.05) is 32.0 Å². The van der Waals surface area contributed by atoms with Crippen molar-refractivity contribution in [3.05, 3.63) is 61.7 Å². The predicted molar refractivity (Wildman–Crippen MR) is 110 cm³/mol. The molecule has 0 bridgehead atoms. The van der Waals surface area contributed by atoms with Crippen LogP contribution in [0.3, 0.4) is 0 Å². The van der Waals surface area contributed by atoms with Crippen molar-refractivity contribution in [1.29, 1.82) is 0 Å². The molecule has 7 nitrogen and oxygen atoms in total. The lowest BCUT2D eigenvalue weighted by molar-refractivity contribution is 0.0845. The number of carbonyl (C=O) groups excluding carboxylic acids is 2. The van der Waals surface area contributed by atoms with Crippen molar-refractivity contribution in [2.75, 3.05) is 0 Å². The summed E-state index contributed by atoms with van der Waals surface area (Å²) < 4.78 is 1.29. The fourth-order valence-electron chi connectivity index (χ4n) is 2.98. The molecule has 2 amide bonds. The number of hydrogen-bond donors (Lipinski definition) is 2. The summed E-state index contributed by atoms with van der Waals surface area (Å²) in [6, 6.07) is 8.66. The monoisotopic (exact) mass is 398 g/mol. The van der Waals surface area contributed by atoms with Gasteiger partial charge >= 0.3 is 0 Å². The van der Waals surface area contributed by atoms with Crippen molar-refractivity contribution in [2.45, 2.75) is 40.2 Å². The molecule has 0 saturated heterocycles. The molecule has 3 aromatic rings. The van der Waals surface area contributed by atoms with Crippen molar-refractivity contribution in [3.63, 3.8) is 0 Å². The van der Waals surface area contributed by atoms with Crippen LogP contribution >= 0.6 is 11.3 Å². The molecular formula is C20H22N4O3S. The summed E-state index contributed by atoms with van der Waals surface area (Å²) in [4.78, 5) is 39.2. The first-order chi connectivity index (χ1) is 13.5. The van der Waals surface area contributed by atoms with E-state index in [2.05, 4.69) is 16.0 Å². The highest BCUT2D eigenvalue weighted by Crippen LogP contribution is 2.21. The molecule has 0 fully saturated rings. The Balaban J connectivity index is 1.86. The molecule has 0 unspecified atom stereocenters. The number of aryl methyl sites for hydroxylation is 3. The van der Waals surface area contributed by atoms with Gasteiger partial charge in [0.15, 0.2) is 5.69 Å².